The minimum atomic E-state index is -0.932. The lowest BCUT2D eigenvalue weighted by atomic mass is 10.1. The predicted molar refractivity (Wildman–Crippen MR) is 48.1 cm³/mol. The molecule has 13 heavy (non-hydrogen) atoms. The van der Waals surface area contributed by atoms with Gasteiger partial charge in [-0.25, -0.2) is 0 Å². The number of hydrogen-bond acceptors (Lipinski definition) is 3. The van der Waals surface area contributed by atoms with Crippen molar-refractivity contribution in [1.82, 2.24) is 5.32 Å². The van der Waals surface area contributed by atoms with Crippen molar-refractivity contribution in [3.05, 3.63) is 0 Å². The van der Waals surface area contributed by atoms with E-state index in [9.17, 15) is 9.59 Å². The van der Waals surface area contributed by atoms with E-state index in [1.54, 1.807) is 0 Å². The van der Waals surface area contributed by atoms with Crippen molar-refractivity contribution >= 4 is 11.9 Å². The molecule has 0 aliphatic rings. The van der Waals surface area contributed by atoms with Crippen molar-refractivity contribution in [2.75, 3.05) is 6.54 Å². The number of nitrogens with two attached hydrogens (primary N) is 1. The Hall–Kier alpha value is -1.10. The first-order chi connectivity index (χ1) is 5.95. The Morgan fingerprint density at radius 3 is 2.38 bits per heavy atom. The Balaban J connectivity index is 3.68. The fourth-order valence-electron chi connectivity index (χ4n) is 0.713. The van der Waals surface area contributed by atoms with Crippen molar-refractivity contribution in [2.24, 2.45) is 11.7 Å². The summed E-state index contributed by atoms with van der Waals surface area (Å²) in [5.74, 6) is -1.17. The maximum absolute atomic E-state index is 11.1. The lowest BCUT2D eigenvalue weighted by Gasteiger charge is -2.14. The summed E-state index contributed by atoms with van der Waals surface area (Å²) in [4.78, 5) is 21.2. The van der Waals surface area contributed by atoms with Crippen LogP contribution in [-0.4, -0.2) is 29.6 Å². The summed E-state index contributed by atoms with van der Waals surface area (Å²) in [5, 5.41) is 10.7. The second-order valence-corrected chi connectivity index (χ2v) is 3.20. The monoisotopic (exact) mass is 188 g/mol. The third-order valence-electron chi connectivity index (χ3n) is 1.66. The number of carbonyl (C=O) groups excluding carboxylic acids is 1. The minimum Gasteiger partial charge on any atom is -0.481 e. The molecular weight excluding hydrogens is 172 g/mol. The van der Waals surface area contributed by atoms with E-state index in [-0.39, 0.29) is 24.8 Å². The van der Waals surface area contributed by atoms with E-state index in [0.717, 1.165) is 0 Å². The molecule has 0 radical (unpaired) electrons. The Morgan fingerprint density at radius 2 is 2.00 bits per heavy atom. The fourth-order valence-corrected chi connectivity index (χ4v) is 0.713. The van der Waals surface area contributed by atoms with Crippen molar-refractivity contribution in [2.45, 2.75) is 26.3 Å². The van der Waals surface area contributed by atoms with Crippen LogP contribution in [0.1, 0.15) is 20.3 Å². The van der Waals surface area contributed by atoms with E-state index in [0.29, 0.717) is 0 Å². The first-order valence-electron chi connectivity index (χ1n) is 4.20. The zero-order valence-electron chi connectivity index (χ0n) is 7.91. The average Bonchev–Trinajstić information content (AvgIpc) is 2.02. The molecule has 1 amide bonds. The van der Waals surface area contributed by atoms with Crippen molar-refractivity contribution in [3.8, 4) is 0 Å². The molecule has 0 saturated heterocycles. The highest BCUT2D eigenvalue weighted by Gasteiger charge is 2.16. The van der Waals surface area contributed by atoms with Crippen LogP contribution in [0.25, 0.3) is 0 Å². The highest BCUT2D eigenvalue weighted by Crippen LogP contribution is 1.97. The van der Waals surface area contributed by atoms with Crippen LogP contribution in [0.5, 0.6) is 0 Å². The second-order valence-electron chi connectivity index (χ2n) is 3.20. The van der Waals surface area contributed by atoms with Gasteiger partial charge in [0.1, 0.15) is 0 Å². The average molecular weight is 188 g/mol. The SMILES string of the molecule is CC(C)[C@@H](N)C(=O)NCCC(=O)O. The normalized spacial score (nSPS) is 12.6. The number of carbonyl (C=O) groups is 2. The standard InChI is InChI=1S/C8H16N2O3/c1-5(2)7(9)8(13)10-4-3-6(11)12/h5,7H,3-4,9H2,1-2H3,(H,10,13)(H,11,12)/t7-/m1/s1. The van der Waals surface area contributed by atoms with Crippen LogP contribution in [0.15, 0.2) is 0 Å². The molecular formula is C8H16N2O3. The van der Waals surface area contributed by atoms with Gasteiger partial charge in [0, 0.05) is 6.54 Å². The summed E-state index contributed by atoms with van der Waals surface area (Å²) >= 11 is 0. The maximum atomic E-state index is 11.1. The van der Waals surface area contributed by atoms with Gasteiger partial charge in [-0.2, -0.15) is 0 Å². The Labute approximate surface area is 77.3 Å². The van der Waals surface area contributed by atoms with Gasteiger partial charge in [0.05, 0.1) is 12.5 Å². The summed E-state index contributed by atoms with van der Waals surface area (Å²) in [5.41, 5.74) is 5.52. The quantitative estimate of drug-likeness (QED) is 0.545. The van der Waals surface area contributed by atoms with E-state index >= 15 is 0 Å². The Morgan fingerprint density at radius 1 is 1.46 bits per heavy atom. The molecule has 0 spiro atoms. The fraction of sp³-hybridized carbons (Fsp3) is 0.750. The highest BCUT2D eigenvalue weighted by molar-refractivity contribution is 5.82. The molecule has 0 unspecified atom stereocenters. The number of nitrogens with one attached hydrogen (secondary N) is 1. The Kier molecular flexibility index (Phi) is 5.06. The molecule has 0 aromatic rings. The zero-order valence-corrected chi connectivity index (χ0v) is 7.91. The maximum Gasteiger partial charge on any atom is 0.305 e. The molecule has 0 saturated carbocycles. The molecule has 0 aliphatic heterocycles. The van der Waals surface area contributed by atoms with Crippen LogP contribution in [0, 0.1) is 5.92 Å². The van der Waals surface area contributed by atoms with Crippen LogP contribution in [0.4, 0.5) is 0 Å². The van der Waals surface area contributed by atoms with Gasteiger partial charge < -0.3 is 16.2 Å². The highest BCUT2D eigenvalue weighted by atomic mass is 16.4. The molecule has 0 heterocycles. The molecule has 5 heteroatoms. The lowest BCUT2D eigenvalue weighted by molar-refractivity contribution is -0.136. The van der Waals surface area contributed by atoms with Gasteiger partial charge in [-0.05, 0) is 5.92 Å². The summed E-state index contributed by atoms with van der Waals surface area (Å²) < 4.78 is 0. The first-order valence-corrected chi connectivity index (χ1v) is 4.20. The van der Waals surface area contributed by atoms with E-state index in [1.165, 1.54) is 0 Å². The van der Waals surface area contributed by atoms with Gasteiger partial charge in [-0.15, -0.1) is 0 Å². The van der Waals surface area contributed by atoms with Gasteiger partial charge in [0.2, 0.25) is 5.91 Å². The summed E-state index contributed by atoms with van der Waals surface area (Å²) in [7, 11) is 0. The molecule has 0 rings (SSSR count). The molecule has 0 fully saturated rings. The number of carboxylic acid groups (broad SMARTS) is 1. The number of rotatable bonds is 5. The molecule has 4 N–H and O–H groups in total. The molecule has 0 aromatic carbocycles. The molecule has 1 atom stereocenters. The van der Waals surface area contributed by atoms with Crippen molar-refractivity contribution < 1.29 is 14.7 Å². The van der Waals surface area contributed by atoms with Crippen molar-refractivity contribution in [3.63, 3.8) is 0 Å². The molecule has 0 aromatic heterocycles. The van der Waals surface area contributed by atoms with E-state index < -0.39 is 12.0 Å². The zero-order chi connectivity index (χ0) is 10.4. The van der Waals surface area contributed by atoms with E-state index in [2.05, 4.69) is 5.32 Å². The minimum absolute atomic E-state index is 0.0600. The molecule has 76 valence electrons. The smallest absolute Gasteiger partial charge is 0.305 e. The van der Waals surface area contributed by atoms with Gasteiger partial charge in [0.15, 0.2) is 0 Å². The van der Waals surface area contributed by atoms with Crippen LogP contribution in [0.2, 0.25) is 0 Å². The summed E-state index contributed by atoms with van der Waals surface area (Å²) in [6, 6.07) is -0.561. The lowest BCUT2D eigenvalue weighted by Crippen LogP contribution is -2.44. The summed E-state index contributed by atoms with van der Waals surface area (Å²) in [6.45, 7) is 3.80. The van der Waals surface area contributed by atoms with Gasteiger partial charge in [0.25, 0.3) is 0 Å². The van der Waals surface area contributed by atoms with Crippen LogP contribution in [-0.2, 0) is 9.59 Å². The van der Waals surface area contributed by atoms with Gasteiger partial charge >= 0.3 is 5.97 Å². The van der Waals surface area contributed by atoms with Crippen LogP contribution >= 0.6 is 0 Å². The topological polar surface area (TPSA) is 92.4 Å². The molecule has 0 bridgehead atoms. The number of aliphatic carboxylic acids is 1. The van der Waals surface area contributed by atoms with Gasteiger partial charge in [-0.1, -0.05) is 13.8 Å². The second kappa shape index (κ2) is 5.53. The number of amides is 1. The molecule has 5 nitrogen and oxygen atoms in total. The van der Waals surface area contributed by atoms with Crippen LogP contribution < -0.4 is 11.1 Å². The van der Waals surface area contributed by atoms with Gasteiger partial charge in [-0.3, -0.25) is 9.59 Å². The van der Waals surface area contributed by atoms with Crippen LogP contribution in [0.3, 0.4) is 0 Å². The Bertz CT molecular complexity index is 192. The van der Waals surface area contributed by atoms with E-state index in [4.69, 9.17) is 10.8 Å². The number of hydrogen-bond donors (Lipinski definition) is 3. The largest absolute Gasteiger partial charge is 0.481 e. The predicted octanol–water partition coefficient (Wildman–Crippen LogP) is -0.439. The first kappa shape index (κ1) is 11.9. The molecule has 0 aliphatic carbocycles. The summed E-state index contributed by atoms with van der Waals surface area (Å²) in [6.07, 6.45) is -0.0729. The third-order valence-corrected chi connectivity index (χ3v) is 1.66. The number of carboxylic acids is 1. The van der Waals surface area contributed by atoms with E-state index in [1.807, 2.05) is 13.8 Å². The third kappa shape index (κ3) is 5.19. The van der Waals surface area contributed by atoms with Crippen molar-refractivity contribution in [1.29, 1.82) is 0 Å².